The maximum atomic E-state index is 5.47. The van der Waals surface area contributed by atoms with Crippen molar-refractivity contribution in [2.24, 2.45) is 0 Å². The Morgan fingerprint density at radius 3 is 1.46 bits per heavy atom. The van der Waals surface area contributed by atoms with Crippen LogP contribution in [0.25, 0.3) is 95.2 Å². The van der Waals surface area contributed by atoms with Gasteiger partial charge in [0.1, 0.15) is 5.69 Å². The fourth-order valence-corrected chi connectivity index (χ4v) is 10.5. The van der Waals surface area contributed by atoms with Crippen LogP contribution in [0.2, 0.25) is 0 Å². The van der Waals surface area contributed by atoms with Crippen LogP contribution >= 0.6 is 0 Å². The number of benzene rings is 9. The Morgan fingerprint density at radius 1 is 0.338 bits per heavy atom. The lowest BCUT2D eigenvalue weighted by molar-refractivity contribution is 0.768. The Hall–Kier alpha value is -9.06. The van der Waals surface area contributed by atoms with E-state index >= 15 is 0 Å². The Kier molecular flexibility index (Phi) is 9.32. The van der Waals surface area contributed by atoms with E-state index in [-0.39, 0.29) is 0 Å². The Morgan fingerprint density at radius 2 is 0.809 bits per heavy atom. The zero-order valence-corrected chi connectivity index (χ0v) is 36.9. The molecular weight excluding hydrogens is 827 g/mol. The molecule has 3 heterocycles. The topological polar surface area (TPSA) is 56.0 Å². The minimum Gasteiger partial charge on any atom is -0.231 e. The van der Waals surface area contributed by atoms with E-state index in [0.717, 1.165) is 66.6 Å². The monoisotopic (exact) mass is 867 g/mol. The summed E-state index contributed by atoms with van der Waals surface area (Å²) in [5.41, 5.74) is 16.8. The molecule has 0 saturated heterocycles. The average Bonchev–Trinajstić information content (AvgIpc) is 3.97. The molecule has 0 atom stereocenters. The van der Waals surface area contributed by atoms with Crippen molar-refractivity contribution in [2.45, 2.75) is 5.41 Å². The first kappa shape index (κ1) is 39.3. The lowest BCUT2D eigenvalue weighted by Crippen LogP contribution is -2.28. The summed E-state index contributed by atoms with van der Waals surface area (Å²) < 4.78 is 2.13. The van der Waals surface area contributed by atoms with Crippen molar-refractivity contribution in [1.29, 1.82) is 0 Å². The van der Waals surface area contributed by atoms with Gasteiger partial charge < -0.3 is 0 Å². The number of hydrogen-bond donors (Lipinski definition) is 0. The Balaban J connectivity index is 0.983. The van der Waals surface area contributed by atoms with Crippen LogP contribution in [0, 0.1) is 0 Å². The van der Waals surface area contributed by atoms with Gasteiger partial charge in [-0.3, -0.25) is 0 Å². The summed E-state index contributed by atoms with van der Waals surface area (Å²) in [6.07, 6.45) is 0. The third kappa shape index (κ3) is 6.32. The number of rotatable bonds is 8. The Bertz CT molecular complexity index is 3770. The van der Waals surface area contributed by atoms with Crippen molar-refractivity contribution in [3.63, 3.8) is 0 Å². The lowest BCUT2D eigenvalue weighted by atomic mass is 9.67. The van der Waals surface area contributed by atoms with E-state index < -0.39 is 5.41 Å². The van der Waals surface area contributed by atoms with Crippen molar-refractivity contribution >= 4 is 16.3 Å². The highest BCUT2D eigenvalue weighted by molar-refractivity contribution is 6.08. The summed E-state index contributed by atoms with van der Waals surface area (Å²) in [7, 11) is 0. The molecule has 0 spiro atoms. The summed E-state index contributed by atoms with van der Waals surface area (Å²) >= 11 is 0. The lowest BCUT2D eigenvalue weighted by Gasteiger charge is -2.34. The number of aromatic nitrogens is 5. The largest absolute Gasteiger partial charge is 0.231 e. The molecule has 1 aliphatic carbocycles. The van der Waals surface area contributed by atoms with Crippen LogP contribution in [0.3, 0.4) is 0 Å². The quantitative estimate of drug-likeness (QED) is 0.153. The third-order valence-corrected chi connectivity index (χ3v) is 13.6. The molecule has 0 aliphatic heterocycles. The molecule has 9 aromatic carbocycles. The number of hydrogen-bond acceptors (Lipinski definition) is 4. The molecule has 68 heavy (non-hydrogen) atoms. The van der Waals surface area contributed by atoms with Crippen LogP contribution < -0.4 is 0 Å². The maximum absolute atomic E-state index is 5.47. The van der Waals surface area contributed by atoms with Gasteiger partial charge >= 0.3 is 0 Å². The van der Waals surface area contributed by atoms with Crippen molar-refractivity contribution in [3.05, 3.63) is 271 Å². The van der Waals surface area contributed by atoms with Crippen molar-refractivity contribution in [2.75, 3.05) is 0 Å². The van der Waals surface area contributed by atoms with Crippen LogP contribution in [0.4, 0.5) is 0 Å². The summed E-state index contributed by atoms with van der Waals surface area (Å²) in [5, 5.41) is 7.78. The van der Waals surface area contributed by atoms with Crippen molar-refractivity contribution < 1.29 is 0 Å². The van der Waals surface area contributed by atoms with E-state index in [2.05, 4.69) is 235 Å². The molecule has 5 heteroatoms. The first-order valence-electron chi connectivity index (χ1n) is 23.1. The van der Waals surface area contributed by atoms with Crippen molar-refractivity contribution in [3.8, 4) is 78.9 Å². The van der Waals surface area contributed by atoms with Crippen LogP contribution in [0.1, 0.15) is 22.3 Å². The molecule has 0 radical (unpaired) electrons. The van der Waals surface area contributed by atoms with E-state index in [9.17, 15) is 0 Å². The molecule has 318 valence electrons. The molecule has 0 fully saturated rings. The Labute approximate surface area is 394 Å². The van der Waals surface area contributed by atoms with E-state index in [1.165, 1.54) is 33.4 Å². The predicted octanol–water partition coefficient (Wildman–Crippen LogP) is 15.0. The van der Waals surface area contributed by atoms with Crippen LogP contribution in [-0.2, 0) is 5.41 Å². The average molecular weight is 868 g/mol. The molecule has 3 aromatic heterocycles. The van der Waals surface area contributed by atoms with Gasteiger partial charge in [-0.25, -0.2) is 19.5 Å². The standard InChI is InChI=1S/C63H41N5/c1-6-20-42(21-7-1)56-41-47-26-16-17-31-51(47)59-57(43-22-8-2-9-23-43)58(67-68(56)59)44-34-36-46(37-35-44)61-64-60(45-24-10-3-11-25-45)65-62(66-61)48-38-39-53-52-32-18-19-33-54(52)63(55(53)40-48,49-27-12-4-13-28-49)50-29-14-5-15-30-50/h1-41H. The van der Waals surface area contributed by atoms with Crippen molar-refractivity contribution in [1.82, 2.24) is 24.6 Å². The highest BCUT2D eigenvalue weighted by Gasteiger charge is 2.46. The summed E-state index contributed by atoms with van der Waals surface area (Å²) in [5.74, 6) is 1.82. The molecule has 1 aliphatic rings. The van der Waals surface area contributed by atoms with Gasteiger partial charge in [-0.1, -0.05) is 237 Å². The normalized spacial score (nSPS) is 12.5. The van der Waals surface area contributed by atoms with E-state index in [1.807, 2.05) is 18.2 Å². The molecule has 5 nitrogen and oxygen atoms in total. The molecule has 13 rings (SSSR count). The smallest absolute Gasteiger partial charge is 0.164 e. The van der Waals surface area contributed by atoms with Gasteiger partial charge in [0, 0.05) is 38.8 Å². The van der Waals surface area contributed by atoms with Gasteiger partial charge in [-0.15, -0.1) is 0 Å². The minimum atomic E-state index is -0.552. The molecule has 0 amide bonds. The van der Waals surface area contributed by atoms with E-state index in [0.29, 0.717) is 17.5 Å². The highest BCUT2D eigenvalue weighted by atomic mass is 15.2. The molecular formula is C63H41N5. The molecule has 0 bridgehead atoms. The molecule has 0 saturated carbocycles. The maximum Gasteiger partial charge on any atom is 0.164 e. The summed E-state index contributed by atoms with van der Waals surface area (Å²) in [4.78, 5) is 15.7. The molecule has 0 N–H and O–H groups in total. The van der Waals surface area contributed by atoms with Gasteiger partial charge in [-0.2, -0.15) is 5.10 Å². The number of pyridine rings is 1. The minimum absolute atomic E-state index is 0.552. The van der Waals surface area contributed by atoms with Gasteiger partial charge in [0.15, 0.2) is 17.5 Å². The van der Waals surface area contributed by atoms with E-state index in [4.69, 9.17) is 20.1 Å². The fourth-order valence-electron chi connectivity index (χ4n) is 10.5. The second-order valence-corrected chi connectivity index (χ2v) is 17.4. The first-order chi connectivity index (χ1) is 33.7. The SMILES string of the molecule is c1ccc(-c2nc(-c3ccc(-c4nn5c(-c6ccccc6)cc6ccccc6c5c4-c4ccccc4)cc3)nc(-c3ccc4c(c3)C(c3ccccc3)(c3ccccc3)c3ccccc3-4)n2)cc1. The number of nitrogens with zero attached hydrogens (tertiary/aromatic N) is 5. The summed E-state index contributed by atoms with van der Waals surface area (Å²) in [6, 6.07) is 88.0. The first-order valence-corrected chi connectivity index (χ1v) is 23.1. The zero-order chi connectivity index (χ0) is 45.0. The second-order valence-electron chi connectivity index (χ2n) is 17.4. The number of fused-ring (bicyclic) bond motifs is 6. The van der Waals surface area contributed by atoms with Gasteiger partial charge in [-0.05, 0) is 56.5 Å². The van der Waals surface area contributed by atoms with E-state index in [1.54, 1.807) is 0 Å². The fraction of sp³-hybridized carbons (Fsp3) is 0.0159. The highest BCUT2D eigenvalue weighted by Crippen LogP contribution is 2.56. The van der Waals surface area contributed by atoms with Crippen LogP contribution in [0.5, 0.6) is 0 Å². The van der Waals surface area contributed by atoms with Gasteiger partial charge in [0.05, 0.1) is 16.6 Å². The predicted molar refractivity (Wildman–Crippen MR) is 276 cm³/mol. The third-order valence-electron chi connectivity index (χ3n) is 13.6. The molecule has 0 unspecified atom stereocenters. The van der Waals surface area contributed by atoms with Gasteiger partial charge in [0.25, 0.3) is 0 Å². The molecule has 12 aromatic rings. The van der Waals surface area contributed by atoms with Gasteiger partial charge in [0.2, 0.25) is 0 Å². The second kappa shape index (κ2) is 16.1. The summed E-state index contributed by atoms with van der Waals surface area (Å²) in [6.45, 7) is 0. The van der Waals surface area contributed by atoms with Crippen LogP contribution in [0.15, 0.2) is 249 Å². The zero-order valence-electron chi connectivity index (χ0n) is 36.9. The van der Waals surface area contributed by atoms with Crippen LogP contribution in [-0.4, -0.2) is 24.6 Å².